The molecule has 0 aromatic carbocycles. The predicted molar refractivity (Wildman–Crippen MR) is 41.3 cm³/mol. The van der Waals surface area contributed by atoms with E-state index in [-0.39, 0.29) is 37.4 Å². The Kier molecular flexibility index (Phi) is 6.68. The molecule has 1 rings (SSSR count). The van der Waals surface area contributed by atoms with E-state index in [9.17, 15) is 8.78 Å². The van der Waals surface area contributed by atoms with Gasteiger partial charge in [0.05, 0.1) is 13.2 Å². The van der Waals surface area contributed by atoms with E-state index in [2.05, 4.69) is 0 Å². The average Bonchev–Trinajstić information content (AvgIpc) is 2.35. The second kappa shape index (κ2) is 6.30. The van der Waals surface area contributed by atoms with Crippen LogP contribution in [0.1, 0.15) is 27.6 Å². The van der Waals surface area contributed by atoms with Crippen molar-refractivity contribution in [3.63, 3.8) is 0 Å². The van der Waals surface area contributed by atoms with Gasteiger partial charge in [0, 0.05) is 12.8 Å². The zero-order chi connectivity index (χ0) is 9.03. The molecule has 0 spiro atoms. The Morgan fingerprint density at radius 3 is 2.38 bits per heavy atom. The van der Waals surface area contributed by atoms with E-state index in [1.54, 1.807) is 6.92 Å². The SMILES string of the molecule is CC1(CCCC(F)F)OCCO1.[H-].[Na+]. The normalized spacial score (nSPS) is 20.3. The van der Waals surface area contributed by atoms with Gasteiger partial charge in [0.1, 0.15) is 0 Å². The Balaban J connectivity index is 0. The number of hydrogen-bond donors (Lipinski definition) is 0. The molecule has 0 bridgehead atoms. The summed E-state index contributed by atoms with van der Waals surface area (Å²) in [7, 11) is 0. The Bertz CT molecular complexity index is 143. The van der Waals surface area contributed by atoms with Crippen molar-refractivity contribution in [2.24, 2.45) is 0 Å². The Morgan fingerprint density at radius 1 is 1.38 bits per heavy atom. The first-order chi connectivity index (χ1) is 5.62. The molecule has 0 aromatic rings. The minimum atomic E-state index is -2.21. The topological polar surface area (TPSA) is 18.5 Å². The second-order valence-electron chi connectivity index (χ2n) is 3.11. The molecular weight excluding hydrogens is 189 g/mol. The fourth-order valence-electron chi connectivity index (χ4n) is 1.28. The van der Waals surface area contributed by atoms with Crippen LogP contribution in [0.4, 0.5) is 8.78 Å². The molecule has 0 atom stereocenters. The van der Waals surface area contributed by atoms with Gasteiger partial charge in [0.2, 0.25) is 6.43 Å². The van der Waals surface area contributed by atoms with Crippen molar-refractivity contribution >= 4 is 0 Å². The van der Waals surface area contributed by atoms with Crippen LogP contribution in [0.2, 0.25) is 0 Å². The van der Waals surface area contributed by atoms with Crippen molar-refractivity contribution in [2.45, 2.75) is 38.4 Å². The van der Waals surface area contributed by atoms with Gasteiger partial charge in [-0.15, -0.1) is 0 Å². The molecule has 1 aliphatic heterocycles. The number of rotatable bonds is 4. The largest absolute Gasteiger partial charge is 1.00 e. The molecule has 0 aliphatic carbocycles. The third-order valence-electron chi connectivity index (χ3n) is 1.95. The predicted octanol–water partition coefficient (Wildman–Crippen LogP) is -0.699. The van der Waals surface area contributed by atoms with Crippen molar-refractivity contribution in [1.29, 1.82) is 0 Å². The molecule has 0 N–H and O–H groups in total. The van der Waals surface area contributed by atoms with Gasteiger partial charge in [-0.1, -0.05) is 0 Å². The summed E-state index contributed by atoms with van der Waals surface area (Å²) in [4.78, 5) is 0. The zero-order valence-corrected chi connectivity index (χ0v) is 10.2. The molecule has 74 valence electrons. The van der Waals surface area contributed by atoms with Crippen LogP contribution in [0.5, 0.6) is 0 Å². The number of halogens is 2. The standard InChI is InChI=1S/C8H14F2O2.Na.H/c1-8(11-5-6-12-8)4-2-3-7(9)10;;/h7H,2-6H2,1H3;;/q;+1;-1. The molecule has 1 aliphatic rings. The molecule has 5 heteroatoms. The van der Waals surface area contributed by atoms with Crippen molar-refractivity contribution in [1.82, 2.24) is 0 Å². The van der Waals surface area contributed by atoms with E-state index >= 15 is 0 Å². The summed E-state index contributed by atoms with van der Waals surface area (Å²) in [6, 6.07) is 0. The van der Waals surface area contributed by atoms with E-state index in [0.717, 1.165) is 0 Å². The van der Waals surface area contributed by atoms with Crippen LogP contribution in [0, 0.1) is 0 Å². The first-order valence-corrected chi connectivity index (χ1v) is 4.18. The maximum atomic E-state index is 11.8. The summed E-state index contributed by atoms with van der Waals surface area (Å²) in [5.74, 6) is -0.602. The molecule has 0 amide bonds. The summed E-state index contributed by atoms with van der Waals surface area (Å²) in [5, 5.41) is 0. The van der Waals surface area contributed by atoms with Crippen molar-refractivity contribution < 1.29 is 49.2 Å². The van der Waals surface area contributed by atoms with Gasteiger partial charge < -0.3 is 10.9 Å². The van der Waals surface area contributed by atoms with Crippen LogP contribution in [0.3, 0.4) is 0 Å². The summed E-state index contributed by atoms with van der Waals surface area (Å²) in [6.45, 7) is 2.95. The molecule has 1 heterocycles. The second-order valence-corrected chi connectivity index (χ2v) is 3.11. The molecule has 13 heavy (non-hydrogen) atoms. The monoisotopic (exact) mass is 204 g/mol. The van der Waals surface area contributed by atoms with Crippen LogP contribution < -0.4 is 29.6 Å². The van der Waals surface area contributed by atoms with E-state index in [1.165, 1.54) is 0 Å². The minimum absolute atomic E-state index is 0. The molecule has 0 radical (unpaired) electrons. The summed E-state index contributed by atoms with van der Waals surface area (Å²) in [5.41, 5.74) is 0. The molecule has 1 saturated heterocycles. The van der Waals surface area contributed by atoms with E-state index < -0.39 is 12.2 Å². The van der Waals surface area contributed by atoms with Crippen LogP contribution in [0.15, 0.2) is 0 Å². The average molecular weight is 204 g/mol. The maximum Gasteiger partial charge on any atom is 1.00 e. The number of hydrogen-bond acceptors (Lipinski definition) is 2. The third-order valence-corrected chi connectivity index (χ3v) is 1.95. The molecule has 1 fully saturated rings. The smallest absolute Gasteiger partial charge is 1.00 e. The van der Waals surface area contributed by atoms with Crippen LogP contribution >= 0.6 is 0 Å². The first-order valence-electron chi connectivity index (χ1n) is 4.18. The van der Waals surface area contributed by atoms with Crippen LogP contribution in [-0.2, 0) is 9.47 Å². The maximum absolute atomic E-state index is 11.8. The van der Waals surface area contributed by atoms with Crippen molar-refractivity contribution in [3.8, 4) is 0 Å². The van der Waals surface area contributed by atoms with E-state index in [1.807, 2.05) is 0 Å². The summed E-state index contributed by atoms with van der Waals surface area (Å²) >= 11 is 0. The first kappa shape index (κ1) is 13.8. The quantitative estimate of drug-likeness (QED) is 0.564. The molecule has 0 aromatic heterocycles. The van der Waals surface area contributed by atoms with Crippen LogP contribution in [0.25, 0.3) is 0 Å². The van der Waals surface area contributed by atoms with Crippen molar-refractivity contribution in [2.75, 3.05) is 13.2 Å². The van der Waals surface area contributed by atoms with Gasteiger partial charge in [0.15, 0.2) is 5.79 Å². The molecule has 0 saturated carbocycles. The van der Waals surface area contributed by atoms with Crippen molar-refractivity contribution in [3.05, 3.63) is 0 Å². The van der Waals surface area contributed by atoms with Gasteiger partial charge in [-0.25, -0.2) is 8.78 Å². The number of ether oxygens (including phenoxy) is 2. The van der Waals surface area contributed by atoms with Gasteiger partial charge >= 0.3 is 29.6 Å². The Labute approximate surface area is 101 Å². The van der Waals surface area contributed by atoms with Gasteiger partial charge in [-0.2, -0.15) is 0 Å². The van der Waals surface area contributed by atoms with Gasteiger partial charge in [0.25, 0.3) is 0 Å². The molecule has 0 unspecified atom stereocenters. The minimum Gasteiger partial charge on any atom is -1.00 e. The van der Waals surface area contributed by atoms with E-state index in [4.69, 9.17) is 9.47 Å². The van der Waals surface area contributed by atoms with Gasteiger partial charge in [-0.3, -0.25) is 0 Å². The Hall–Kier alpha value is 0.780. The summed E-state index contributed by atoms with van der Waals surface area (Å²) < 4.78 is 34.0. The Morgan fingerprint density at radius 2 is 1.92 bits per heavy atom. The third kappa shape index (κ3) is 5.27. The fraction of sp³-hybridized carbons (Fsp3) is 1.00. The zero-order valence-electron chi connectivity index (χ0n) is 9.19. The van der Waals surface area contributed by atoms with Gasteiger partial charge in [-0.05, 0) is 13.3 Å². The van der Waals surface area contributed by atoms with E-state index in [0.29, 0.717) is 26.1 Å². The fourth-order valence-corrected chi connectivity index (χ4v) is 1.28. The molecular formula is C8H15F2NaO2. The summed E-state index contributed by atoms with van der Waals surface area (Å²) in [6.07, 6.45) is -1.27. The number of alkyl halides is 2. The molecule has 2 nitrogen and oxygen atoms in total. The van der Waals surface area contributed by atoms with Crippen LogP contribution in [-0.4, -0.2) is 25.4 Å².